The van der Waals surface area contributed by atoms with Gasteiger partial charge in [0.05, 0.1) is 21.3 Å². The van der Waals surface area contributed by atoms with Gasteiger partial charge in [0.15, 0.2) is 6.10 Å². The predicted molar refractivity (Wildman–Crippen MR) is 97.2 cm³/mol. The molecular formula is C18H24N2O5S. The molecule has 0 aliphatic heterocycles. The van der Waals surface area contributed by atoms with E-state index < -0.39 is 34.8 Å². The van der Waals surface area contributed by atoms with Gasteiger partial charge in [-0.25, -0.2) is 9.59 Å². The molecule has 1 aliphatic rings. The minimum atomic E-state index is -1.37. The van der Waals surface area contributed by atoms with Crippen LogP contribution >= 0.6 is 0 Å². The molecule has 7 nitrogen and oxygen atoms in total. The van der Waals surface area contributed by atoms with E-state index >= 15 is 0 Å². The highest BCUT2D eigenvalue weighted by atomic mass is 32.2. The first kappa shape index (κ1) is 20.1. The molecule has 0 aromatic heterocycles. The van der Waals surface area contributed by atoms with Crippen molar-refractivity contribution in [3.05, 3.63) is 29.8 Å². The van der Waals surface area contributed by atoms with Crippen LogP contribution in [0, 0.1) is 0 Å². The maximum atomic E-state index is 12.3. The highest BCUT2D eigenvalue weighted by molar-refractivity contribution is 7.84. The molecule has 3 amide bonds. The Balaban J connectivity index is 1.89. The lowest BCUT2D eigenvalue weighted by Crippen LogP contribution is -2.48. The first-order valence-electron chi connectivity index (χ1n) is 8.63. The maximum absolute atomic E-state index is 12.3. The van der Waals surface area contributed by atoms with Crippen LogP contribution in [0.25, 0.3) is 0 Å². The van der Waals surface area contributed by atoms with Gasteiger partial charge in [-0.15, -0.1) is 0 Å². The number of urea groups is 1. The van der Waals surface area contributed by atoms with Gasteiger partial charge >= 0.3 is 12.0 Å². The third kappa shape index (κ3) is 5.66. The molecule has 1 saturated carbocycles. The number of ether oxygens (including phenoxy) is 1. The molecule has 1 aromatic carbocycles. The Bertz CT molecular complexity index is 701. The molecule has 1 fully saturated rings. The normalized spacial score (nSPS) is 17.0. The Kier molecular flexibility index (Phi) is 7.32. The van der Waals surface area contributed by atoms with Crippen LogP contribution in [0.15, 0.2) is 29.2 Å². The third-order valence-electron chi connectivity index (χ3n) is 4.25. The summed E-state index contributed by atoms with van der Waals surface area (Å²) in [6.45, 7) is 1.38. The SMILES string of the molecule is C[C@H](OC(=O)c1ccccc1[S@@](C)=O)C(=O)NC(=O)NC1CCCCC1. The highest BCUT2D eigenvalue weighted by Gasteiger charge is 2.24. The number of esters is 1. The fraction of sp³-hybridized carbons (Fsp3) is 0.500. The van der Waals surface area contributed by atoms with Crippen molar-refractivity contribution in [3.63, 3.8) is 0 Å². The van der Waals surface area contributed by atoms with Crippen LogP contribution in [0.2, 0.25) is 0 Å². The number of carbonyl (C=O) groups excluding carboxylic acids is 3. The topological polar surface area (TPSA) is 102 Å². The van der Waals surface area contributed by atoms with Crippen molar-refractivity contribution in [2.45, 2.75) is 56.1 Å². The summed E-state index contributed by atoms with van der Waals surface area (Å²) in [6.07, 6.45) is 5.39. The van der Waals surface area contributed by atoms with Crippen LogP contribution in [0.4, 0.5) is 4.79 Å². The molecule has 1 aliphatic carbocycles. The molecule has 0 bridgehead atoms. The van der Waals surface area contributed by atoms with E-state index in [0.29, 0.717) is 4.90 Å². The van der Waals surface area contributed by atoms with E-state index in [4.69, 9.17) is 4.74 Å². The van der Waals surface area contributed by atoms with Gasteiger partial charge < -0.3 is 10.1 Å². The molecule has 26 heavy (non-hydrogen) atoms. The summed E-state index contributed by atoms with van der Waals surface area (Å²) >= 11 is 0. The molecule has 2 N–H and O–H groups in total. The zero-order valence-corrected chi connectivity index (χ0v) is 15.8. The zero-order valence-electron chi connectivity index (χ0n) is 14.9. The van der Waals surface area contributed by atoms with E-state index in [9.17, 15) is 18.6 Å². The van der Waals surface area contributed by atoms with Crippen molar-refractivity contribution in [1.29, 1.82) is 0 Å². The van der Waals surface area contributed by atoms with Gasteiger partial charge in [0.2, 0.25) is 0 Å². The van der Waals surface area contributed by atoms with E-state index in [2.05, 4.69) is 10.6 Å². The number of benzene rings is 1. The van der Waals surface area contributed by atoms with Crippen molar-refractivity contribution in [2.75, 3.05) is 6.26 Å². The van der Waals surface area contributed by atoms with Gasteiger partial charge in [0.1, 0.15) is 0 Å². The number of nitrogens with one attached hydrogen (secondary N) is 2. The van der Waals surface area contributed by atoms with Crippen molar-refractivity contribution < 1.29 is 23.3 Å². The van der Waals surface area contributed by atoms with Crippen LogP contribution in [0.3, 0.4) is 0 Å². The minimum absolute atomic E-state index is 0.0702. The molecule has 142 valence electrons. The second kappa shape index (κ2) is 9.47. The molecule has 1 aromatic rings. The molecule has 2 rings (SSSR count). The van der Waals surface area contributed by atoms with Gasteiger partial charge in [-0.1, -0.05) is 31.4 Å². The second-order valence-electron chi connectivity index (χ2n) is 6.30. The number of hydrogen-bond donors (Lipinski definition) is 2. The number of amides is 3. The Morgan fingerprint density at radius 3 is 2.46 bits per heavy atom. The minimum Gasteiger partial charge on any atom is -0.449 e. The first-order chi connectivity index (χ1) is 12.4. The van der Waals surface area contributed by atoms with E-state index in [1.807, 2.05) is 0 Å². The largest absolute Gasteiger partial charge is 0.449 e. The fourth-order valence-electron chi connectivity index (χ4n) is 2.85. The molecule has 0 radical (unpaired) electrons. The zero-order chi connectivity index (χ0) is 19.1. The number of rotatable bonds is 5. The lowest BCUT2D eigenvalue weighted by Gasteiger charge is -2.23. The summed E-state index contributed by atoms with van der Waals surface area (Å²) in [6, 6.07) is 5.82. The molecule has 0 heterocycles. The molecule has 0 unspecified atom stereocenters. The molecular weight excluding hydrogens is 356 g/mol. The molecule has 2 atom stereocenters. The van der Waals surface area contributed by atoms with Crippen molar-refractivity contribution in [3.8, 4) is 0 Å². The fourth-order valence-corrected chi connectivity index (χ4v) is 3.58. The van der Waals surface area contributed by atoms with E-state index in [1.165, 1.54) is 19.2 Å². The Hall–Kier alpha value is -2.22. The van der Waals surface area contributed by atoms with E-state index in [0.717, 1.165) is 32.1 Å². The van der Waals surface area contributed by atoms with Gasteiger partial charge in [-0.2, -0.15) is 0 Å². The highest BCUT2D eigenvalue weighted by Crippen LogP contribution is 2.17. The summed E-state index contributed by atoms with van der Waals surface area (Å²) < 4.78 is 16.8. The summed E-state index contributed by atoms with van der Waals surface area (Å²) in [4.78, 5) is 36.6. The average Bonchev–Trinajstić information content (AvgIpc) is 2.62. The predicted octanol–water partition coefficient (Wildman–Crippen LogP) is 2.13. The summed E-state index contributed by atoms with van der Waals surface area (Å²) in [5.74, 6) is -1.46. The van der Waals surface area contributed by atoms with Crippen LogP contribution in [-0.2, 0) is 20.3 Å². The lowest BCUT2D eigenvalue weighted by atomic mass is 9.96. The summed E-state index contributed by atoms with van der Waals surface area (Å²) in [5.41, 5.74) is 0.139. The molecule has 0 spiro atoms. The first-order valence-corrected chi connectivity index (χ1v) is 10.2. The molecule has 8 heteroatoms. The number of imide groups is 1. The van der Waals surface area contributed by atoms with Crippen LogP contribution in [-0.4, -0.2) is 40.5 Å². The Morgan fingerprint density at radius 2 is 1.81 bits per heavy atom. The Labute approximate surface area is 155 Å². The van der Waals surface area contributed by atoms with Gasteiger partial charge in [0, 0.05) is 12.3 Å². The van der Waals surface area contributed by atoms with Crippen LogP contribution in [0.5, 0.6) is 0 Å². The maximum Gasteiger partial charge on any atom is 0.340 e. The van der Waals surface area contributed by atoms with Gasteiger partial charge in [-0.05, 0) is 31.9 Å². The smallest absolute Gasteiger partial charge is 0.340 e. The van der Waals surface area contributed by atoms with Crippen molar-refractivity contribution >= 4 is 28.7 Å². The number of carbonyl (C=O) groups is 3. The average molecular weight is 380 g/mol. The second-order valence-corrected chi connectivity index (χ2v) is 7.64. The van der Waals surface area contributed by atoms with E-state index in [-0.39, 0.29) is 11.6 Å². The van der Waals surface area contributed by atoms with Crippen LogP contribution < -0.4 is 10.6 Å². The monoisotopic (exact) mass is 380 g/mol. The summed E-state index contributed by atoms with van der Waals surface area (Å²) in [7, 11) is -1.37. The lowest BCUT2D eigenvalue weighted by molar-refractivity contribution is -0.127. The Morgan fingerprint density at radius 1 is 1.15 bits per heavy atom. The van der Waals surface area contributed by atoms with Crippen LogP contribution in [0.1, 0.15) is 49.4 Å². The quantitative estimate of drug-likeness (QED) is 0.762. The van der Waals surface area contributed by atoms with E-state index in [1.54, 1.807) is 18.2 Å². The van der Waals surface area contributed by atoms with Gasteiger partial charge in [0.25, 0.3) is 5.91 Å². The standard InChI is InChI=1S/C18H24N2O5S/c1-12(16(21)20-18(23)19-13-8-4-3-5-9-13)25-17(22)14-10-6-7-11-15(14)26(2)24/h6-7,10-13H,3-5,8-9H2,1-2H3,(H2,19,20,21,23)/t12-,26+/m0/s1. The molecule has 0 saturated heterocycles. The third-order valence-corrected chi connectivity index (χ3v) is 5.22. The van der Waals surface area contributed by atoms with Crippen molar-refractivity contribution in [1.82, 2.24) is 10.6 Å². The van der Waals surface area contributed by atoms with Gasteiger partial charge in [-0.3, -0.25) is 14.3 Å². The van der Waals surface area contributed by atoms with Crippen molar-refractivity contribution in [2.24, 2.45) is 0 Å². The summed E-state index contributed by atoms with van der Waals surface area (Å²) in [5, 5.41) is 4.96. The number of hydrogen-bond acceptors (Lipinski definition) is 5.